The van der Waals surface area contributed by atoms with Gasteiger partial charge in [-0.15, -0.1) is 0 Å². The lowest BCUT2D eigenvalue weighted by Crippen LogP contribution is -2.28. The van der Waals surface area contributed by atoms with E-state index >= 15 is 0 Å². The van der Waals surface area contributed by atoms with Gasteiger partial charge in [-0.05, 0) is 31.2 Å². The van der Waals surface area contributed by atoms with E-state index in [4.69, 9.17) is 0 Å². The van der Waals surface area contributed by atoms with Crippen molar-refractivity contribution in [3.05, 3.63) is 18.0 Å². The third-order valence-corrected chi connectivity index (χ3v) is 3.43. The van der Waals surface area contributed by atoms with Gasteiger partial charge in [0.05, 0.1) is 0 Å². The largest absolute Gasteiger partial charge is 0.314 e. The zero-order valence-electron chi connectivity index (χ0n) is 9.74. The van der Waals surface area contributed by atoms with E-state index in [-0.39, 0.29) is 0 Å². The van der Waals surface area contributed by atoms with E-state index in [1.807, 2.05) is 17.9 Å². The van der Waals surface area contributed by atoms with Crippen LogP contribution < -0.4 is 5.32 Å². The average molecular weight is 207 g/mol. The van der Waals surface area contributed by atoms with Gasteiger partial charge < -0.3 is 5.32 Å². The second-order valence-corrected chi connectivity index (χ2v) is 4.77. The molecule has 2 atom stereocenters. The highest BCUT2D eigenvalue weighted by molar-refractivity contribution is 5.00. The molecule has 0 aliphatic heterocycles. The highest BCUT2D eigenvalue weighted by Crippen LogP contribution is 2.24. The molecule has 1 aromatic heterocycles. The number of nitrogens with one attached hydrogen (secondary N) is 1. The van der Waals surface area contributed by atoms with Crippen LogP contribution in [-0.2, 0) is 13.5 Å². The summed E-state index contributed by atoms with van der Waals surface area (Å²) in [7, 11) is 2.01. The first-order valence-corrected chi connectivity index (χ1v) is 5.96. The summed E-state index contributed by atoms with van der Waals surface area (Å²) in [6.45, 7) is 3.43. The lowest BCUT2D eigenvalue weighted by atomic mass is 10.1. The number of rotatable bonds is 4. The van der Waals surface area contributed by atoms with Crippen LogP contribution in [0.25, 0.3) is 0 Å². The molecule has 1 aliphatic carbocycles. The summed E-state index contributed by atoms with van der Waals surface area (Å²) in [6, 6.07) is 2.85. The third kappa shape index (κ3) is 2.81. The Bertz CT molecular complexity index is 306. The minimum Gasteiger partial charge on any atom is -0.314 e. The molecule has 1 heterocycles. The summed E-state index contributed by atoms with van der Waals surface area (Å²) < 4.78 is 1.96. The van der Waals surface area contributed by atoms with Crippen molar-refractivity contribution in [1.82, 2.24) is 15.1 Å². The van der Waals surface area contributed by atoms with Gasteiger partial charge in [-0.25, -0.2) is 0 Å². The molecule has 1 aromatic rings. The Balaban J connectivity index is 1.69. The first-order chi connectivity index (χ1) is 7.25. The highest BCUT2D eigenvalue weighted by Gasteiger charge is 2.20. The van der Waals surface area contributed by atoms with Crippen molar-refractivity contribution in [3.63, 3.8) is 0 Å². The lowest BCUT2D eigenvalue weighted by molar-refractivity contribution is 0.501. The van der Waals surface area contributed by atoms with E-state index in [9.17, 15) is 0 Å². The summed E-state index contributed by atoms with van der Waals surface area (Å²) in [5.41, 5.74) is 1.31. The van der Waals surface area contributed by atoms with Crippen molar-refractivity contribution < 1.29 is 0 Å². The van der Waals surface area contributed by atoms with Gasteiger partial charge in [0, 0.05) is 37.9 Å². The number of nitrogens with zero attached hydrogens (tertiary/aromatic N) is 2. The van der Waals surface area contributed by atoms with E-state index in [1.54, 1.807) is 0 Å². The van der Waals surface area contributed by atoms with Gasteiger partial charge in [0.25, 0.3) is 0 Å². The molecule has 0 amide bonds. The standard InChI is InChI=1S/C12H21N3/c1-10-3-4-11(9-10)13-7-5-12-6-8-14-15(12)2/h6,8,10-11,13H,3-5,7,9H2,1-2H3. The molecule has 3 nitrogen and oxygen atoms in total. The van der Waals surface area contributed by atoms with Crippen molar-refractivity contribution >= 4 is 0 Å². The number of aromatic nitrogens is 2. The normalized spacial score (nSPS) is 26.0. The van der Waals surface area contributed by atoms with Crippen LogP contribution in [0.1, 0.15) is 31.9 Å². The molecule has 1 aliphatic rings. The summed E-state index contributed by atoms with van der Waals surface area (Å²) in [4.78, 5) is 0. The fraction of sp³-hybridized carbons (Fsp3) is 0.750. The minimum atomic E-state index is 0.758. The van der Waals surface area contributed by atoms with Crippen molar-refractivity contribution in [2.45, 2.75) is 38.6 Å². The highest BCUT2D eigenvalue weighted by atomic mass is 15.3. The molecule has 2 unspecified atom stereocenters. The van der Waals surface area contributed by atoms with E-state index in [1.165, 1.54) is 25.0 Å². The van der Waals surface area contributed by atoms with Crippen molar-refractivity contribution in [3.8, 4) is 0 Å². The van der Waals surface area contributed by atoms with Gasteiger partial charge in [-0.3, -0.25) is 4.68 Å². The van der Waals surface area contributed by atoms with Crippen LogP contribution in [0.4, 0.5) is 0 Å². The number of hydrogen-bond donors (Lipinski definition) is 1. The molecule has 0 radical (unpaired) electrons. The van der Waals surface area contributed by atoms with Crippen LogP contribution in [0.5, 0.6) is 0 Å². The average Bonchev–Trinajstić information content (AvgIpc) is 2.77. The smallest absolute Gasteiger partial charge is 0.0492 e. The van der Waals surface area contributed by atoms with Crippen LogP contribution in [-0.4, -0.2) is 22.4 Å². The maximum absolute atomic E-state index is 4.17. The predicted molar refractivity (Wildman–Crippen MR) is 61.7 cm³/mol. The molecule has 1 fully saturated rings. The Kier molecular flexibility index (Phi) is 3.41. The summed E-state index contributed by atoms with van der Waals surface area (Å²) in [5, 5.41) is 7.80. The van der Waals surface area contributed by atoms with E-state index in [0.717, 1.165) is 24.9 Å². The Labute approximate surface area is 91.9 Å². The third-order valence-electron chi connectivity index (χ3n) is 3.43. The predicted octanol–water partition coefficient (Wildman–Crippen LogP) is 1.74. The monoisotopic (exact) mass is 207 g/mol. The Morgan fingerprint density at radius 1 is 1.53 bits per heavy atom. The van der Waals surface area contributed by atoms with E-state index in [0.29, 0.717) is 0 Å². The number of hydrogen-bond acceptors (Lipinski definition) is 2. The molecule has 1 N–H and O–H groups in total. The maximum Gasteiger partial charge on any atom is 0.0492 e. The molecule has 0 saturated heterocycles. The van der Waals surface area contributed by atoms with Crippen LogP contribution >= 0.6 is 0 Å². The van der Waals surface area contributed by atoms with Gasteiger partial charge in [0.15, 0.2) is 0 Å². The first kappa shape index (κ1) is 10.7. The fourth-order valence-corrected chi connectivity index (χ4v) is 2.44. The molecular formula is C12H21N3. The van der Waals surface area contributed by atoms with Gasteiger partial charge in [-0.1, -0.05) is 6.92 Å². The summed E-state index contributed by atoms with van der Waals surface area (Å²) in [5.74, 6) is 0.916. The summed E-state index contributed by atoms with van der Waals surface area (Å²) >= 11 is 0. The quantitative estimate of drug-likeness (QED) is 0.815. The molecule has 15 heavy (non-hydrogen) atoms. The summed E-state index contributed by atoms with van der Waals surface area (Å²) in [6.07, 6.45) is 7.05. The van der Waals surface area contributed by atoms with Crippen LogP contribution in [0, 0.1) is 5.92 Å². The molecule has 84 valence electrons. The lowest BCUT2D eigenvalue weighted by Gasteiger charge is -2.12. The van der Waals surface area contributed by atoms with Crippen LogP contribution in [0.15, 0.2) is 12.3 Å². The fourth-order valence-electron chi connectivity index (χ4n) is 2.44. The molecule has 0 bridgehead atoms. The van der Waals surface area contributed by atoms with E-state index < -0.39 is 0 Å². The molecule has 0 aromatic carbocycles. The Morgan fingerprint density at radius 3 is 3.00 bits per heavy atom. The topological polar surface area (TPSA) is 29.9 Å². The molecule has 2 rings (SSSR count). The molecule has 1 saturated carbocycles. The second-order valence-electron chi connectivity index (χ2n) is 4.77. The van der Waals surface area contributed by atoms with Gasteiger partial charge in [-0.2, -0.15) is 5.10 Å². The van der Waals surface area contributed by atoms with Gasteiger partial charge >= 0.3 is 0 Å². The second kappa shape index (κ2) is 4.79. The molecule has 0 spiro atoms. The Morgan fingerprint density at radius 2 is 2.40 bits per heavy atom. The van der Waals surface area contributed by atoms with Crippen LogP contribution in [0.3, 0.4) is 0 Å². The maximum atomic E-state index is 4.17. The van der Waals surface area contributed by atoms with Crippen molar-refractivity contribution in [1.29, 1.82) is 0 Å². The van der Waals surface area contributed by atoms with E-state index in [2.05, 4.69) is 23.4 Å². The minimum absolute atomic E-state index is 0.758. The van der Waals surface area contributed by atoms with Gasteiger partial charge in [0.1, 0.15) is 0 Å². The zero-order valence-corrected chi connectivity index (χ0v) is 9.74. The zero-order chi connectivity index (χ0) is 10.7. The molecule has 3 heteroatoms. The molecular weight excluding hydrogens is 186 g/mol. The Hall–Kier alpha value is -0.830. The number of aryl methyl sites for hydroxylation is 1. The van der Waals surface area contributed by atoms with Gasteiger partial charge in [0.2, 0.25) is 0 Å². The first-order valence-electron chi connectivity index (χ1n) is 5.96. The van der Waals surface area contributed by atoms with Crippen LogP contribution in [0.2, 0.25) is 0 Å². The van der Waals surface area contributed by atoms with Crippen molar-refractivity contribution in [2.75, 3.05) is 6.54 Å². The van der Waals surface area contributed by atoms with Crippen molar-refractivity contribution in [2.24, 2.45) is 13.0 Å². The SMILES string of the molecule is CC1CCC(NCCc2ccnn2C)C1.